The van der Waals surface area contributed by atoms with E-state index >= 15 is 0 Å². The maximum atomic E-state index is 13.5. The van der Waals surface area contributed by atoms with Crippen LogP contribution in [-0.2, 0) is 11.3 Å². The zero-order chi connectivity index (χ0) is 13.1. The predicted molar refractivity (Wildman–Crippen MR) is 56.7 cm³/mol. The molecule has 0 amide bonds. The molecule has 1 rings (SSSR count). The summed E-state index contributed by atoms with van der Waals surface area (Å²) in [6.45, 7) is 5.22. The minimum Gasteiger partial charge on any atom is -0.478 e. The van der Waals surface area contributed by atoms with Crippen molar-refractivity contribution in [2.75, 3.05) is 0 Å². The summed E-state index contributed by atoms with van der Waals surface area (Å²) in [5, 5.41) is 8.90. The summed E-state index contributed by atoms with van der Waals surface area (Å²) in [6.07, 6.45) is 5.26. The van der Waals surface area contributed by atoms with Crippen LogP contribution in [-0.4, -0.2) is 21.6 Å². The maximum absolute atomic E-state index is 13.5. The summed E-state index contributed by atoms with van der Waals surface area (Å²) in [6, 6.07) is -1.88. The van der Waals surface area contributed by atoms with Gasteiger partial charge in [0.15, 0.2) is 0 Å². The minimum atomic E-state index is -3.28. The molecule has 1 atom stereocenters. The molecule has 0 aliphatic carbocycles. The number of nitrogens with zero attached hydrogens (tertiary/aromatic N) is 2. The highest BCUT2D eigenvalue weighted by atomic mass is 19.3. The normalized spacial score (nSPS) is 13.4. The van der Waals surface area contributed by atoms with E-state index in [1.807, 2.05) is 0 Å². The molecule has 1 aromatic rings. The minimum absolute atomic E-state index is 0.442. The van der Waals surface area contributed by atoms with Crippen LogP contribution in [0.5, 0.6) is 0 Å². The SMILES string of the molecule is C=CC[n+]1ccn(C(C(=O)O)C(F)(F)CC)c1. The van der Waals surface area contributed by atoms with Crippen molar-refractivity contribution >= 4 is 5.97 Å². The Kier molecular flexibility index (Phi) is 3.98. The van der Waals surface area contributed by atoms with Gasteiger partial charge in [0, 0.05) is 6.42 Å². The quantitative estimate of drug-likeness (QED) is 0.611. The molecule has 1 N–H and O–H groups in total. The second kappa shape index (κ2) is 5.07. The van der Waals surface area contributed by atoms with Crippen LogP contribution in [0.25, 0.3) is 0 Å². The predicted octanol–water partition coefficient (Wildman–Crippen LogP) is 1.63. The Morgan fingerprint density at radius 1 is 1.71 bits per heavy atom. The Morgan fingerprint density at radius 2 is 2.35 bits per heavy atom. The lowest BCUT2D eigenvalue weighted by Crippen LogP contribution is -2.37. The van der Waals surface area contributed by atoms with Crippen LogP contribution >= 0.6 is 0 Å². The molecule has 1 unspecified atom stereocenters. The first-order valence-corrected chi connectivity index (χ1v) is 5.20. The third-order valence-corrected chi connectivity index (χ3v) is 2.46. The van der Waals surface area contributed by atoms with E-state index in [4.69, 9.17) is 5.11 Å². The smallest absolute Gasteiger partial charge is 0.355 e. The fourth-order valence-electron chi connectivity index (χ4n) is 1.54. The lowest BCUT2D eigenvalue weighted by atomic mass is 10.1. The molecule has 1 heterocycles. The third kappa shape index (κ3) is 2.89. The summed E-state index contributed by atoms with van der Waals surface area (Å²) in [7, 11) is 0. The zero-order valence-corrected chi connectivity index (χ0v) is 9.51. The number of carboxylic acid groups (broad SMARTS) is 1. The van der Waals surface area contributed by atoms with Crippen molar-refractivity contribution in [3.8, 4) is 0 Å². The molecule has 0 aliphatic rings. The van der Waals surface area contributed by atoms with Crippen LogP contribution < -0.4 is 4.57 Å². The van der Waals surface area contributed by atoms with Gasteiger partial charge in [0.2, 0.25) is 6.33 Å². The Morgan fingerprint density at radius 3 is 2.82 bits per heavy atom. The Hall–Kier alpha value is -1.72. The summed E-state index contributed by atoms with van der Waals surface area (Å²) in [5.41, 5.74) is 0. The zero-order valence-electron chi connectivity index (χ0n) is 9.51. The number of aliphatic carboxylic acids is 1. The highest BCUT2D eigenvalue weighted by Crippen LogP contribution is 2.31. The van der Waals surface area contributed by atoms with E-state index in [1.165, 1.54) is 25.6 Å². The molecule has 0 aromatic carbocycles. The second-order valence-electron chi connectivity index (χ2n) is 3.70. The molecule has 0 saturated heterocycles. The first kappa shape index (κ1) is 13.3. The molecule has 4 nitrogen and oxygen atoms in total. The second-order valence-corrected chi connectivity index (χ2v) is 3.70. The topological polar surface area (TPSA) is 46.1 Å². The molecule has 94 valence electrons. The van der Waals surface area contributed by atoms with Crippen molar-refractivity contribution in [2.24, 2.45) is 0 Å². The van der Waals surface area contributed by atoms with Gasteiger partial charge in [-0.15, -0.1) is 0 Å². The number of carboxylic acids is 1. The number of hydrogen-bond acceptors (Lipinski definition) is 1. The van der Waals surface area contributed by atoms with Gasteiger partial charge < -0.3 is 5.11 Å². The van der Waals surface area contributed by atoms with E-state index in [0.29, 0.717) is 6.54 Å². The molecule has 17 heavy (non-hydrogen) atoms. The number of carbonyl (C=O) groups is 1. The average molecular weight is 245 g/mol. The molecule has 1 aromatic heterocycles. The van der Waals surface area contributed by atoms with Crippen LogP contribution in [0, 0.1) is 0 Å². The summed E-state index contributed by atoms with van der Waals surface area (Å²) < 4.78 is 29.6. The third-order valence-electron chi connectivity index (χ3n) is 2.46. The molecule has 0 radical (unpaired) electrons. The monoisotopic (exact) mass is 245 g/mol. The average Bonchev–Trinajstić information content (AvgIpc) is 2.66. The van der Waals surface area contributed by atoms with Gasteiger partial charge in [-0.1, -0.05) is 19.6 Å². The van der Waals surface area contributed by atoms with Crippen LogP contribution in [0.4, 0.5) is 8.78 Å². The van der Waals surface area contributed by atoms with Crippen LogP contribution in [0.1, 0.15) is 19.4 Å². The number of alkyl halides is 2. The number of aromatic nitrogens is 2. The first-order chi connectivity index (χ1) is 7.92. The fourth-order valence-corrected chi connectivity index (χ4v) is 1.54. The van der Waals surface area contributed by atoms with Crippen molar-refractivity contribution in [1.82, 2.24) is 4.57 Å². The van der Waals surface area contributed by atoms with Crippen LogP contribution in [0.2, 0.25) is 0 Å². The number of rotatable bonds is 6. The number of imidazole rings is 1. The van der Waals surface area contributed by atoms with Crippen molar-refractivity contribution in [2.45, 2.75) is 31.9 Å². The molecule has 0 spiro atoms. The number of allylic oxidation sites excluding steroid dienone is 1. The standard InChI is InChI=1S/C11H14F2N2O2/c1-3-5-14-6-7-15(8-14)9(10(16)17)11(12,13)4-2/h3,6-9H,1,4-5H2,2H3/p+1. The van der Waals surface area contributed by atoms with E-state index in [9.17, 15) is 13.6 Å². The lowest BCUT2D eigenvalue weighted by Gasteiger charge is -2.19. The Balaban J connectivity index is 3.06. The largest absolute Gasteiger partial charge is 0.478 e. The molecular formula is C11H15F2N2O2+. The highest BCUT2D eigenvalue weighted by molar-refractivity contribution is 5.73. The fraction of sp³-hybridized carbons (Fsp3) is 0.455. The van der Waals surface area contributed by atoms with Crippen molar-refractivity contribution < 1.29 is 23.2 Å². The van der Waals surface area contributed by atoms with Crippen molar-refractivity contribution in [3.63, 3.8) is 0 Å². The van der Waals surface area contributed by atoms with Gasteiger partial charge in [-0.05, 0) is 0 Å². The molecule has 0 aliphatic heterocycles. The molecule has 0 fully saturated rings. The Labute approximate surface area is 97.8 Å². The number of hydrogen-bond donors (Lipinski definition) is 1. The van der Waals surface area contributed by atoms with Gasteiger partial charge in [0.1, 0.15) is 18.9 Å². The highest BCUT2D eigenvalue weighted by Gasteiger charge is 2.48. The van der Waals surface area contributed by atoms with E-state index in [1.54, 1.807) is 10.6 Å². The number of halogens is 2. The van der Waals surface area contributed by atoms with Crippen LogP contribution in [0.15, 0.2) is 31.4 Å². The van der Waals surface area contributed by atoms with E-state index in [0.717, 1.165) is 4.57 Å². The van der Waals surface area contributed by atoms with Gasteiger partial charge in [0.05, 0.1) is 0 Å². The lowest BCUT2D eigenvalue weighted by molar-refractivity contribution is -0.686. The van der Waals surface area contributed by atoms with Crippen molar-refractivity contribution in [1.29, 1.82) is 0 Å². The van der Waals surface area contributed by atoms with Gasteiger partial charge in [0.25, 0.3) is 12.0 Å². The molecule has 0 bridgehead atoms. The molecular weight excluding hydrogens is 230 g/mol. The maximum Gasteiger partial charge on any atom is 0.355 e. The molecule has 0 saturated carbocycles. The first-order valence-electron chi connectivity index (χ1n) is 5.20. The Bertz CT molecular complexity index is 415. The van der Waals surface area contributed by atoms with Crippen molar-refractivity contribution in [3.05, 3.63) is 31.4 Å². The summed E-state index contributed by atoms with van der Waals surface area (Å²) >= 11 is 0. The van der Waals surface area contributed by atoms with E-state index in [2.05, 4.69) is 6.58 Å². The van der Waals surface area contributed by atoms with Gasteiger partial charge >= 0.3 is 5.97 Å². The van der Waals surface area contributed by atoms with Gasteiger partial charge in [-0.25, -0.2) is 22.7 Å². The van der Waals surface area contributed by atoms with Gasteiger partial charge in [-0.3, -0.25) is 0 Å². The van der Waals surface area contributed by atoms with E-state index < -0.39 is 24.4 Å². The van der Waals surface area contributed by atoms with E-state index in [-0.39, 0.29) is 0 Å². The molecule has 6 heteroatoms. The summed E-state index contributed by atoms with van der Waals surface area (Å²) in [4.78, 5) is 10.9. The van der Waals surface area contributed by atoms with Gasteiger partial charge in [-0.2, -0.15) is 0 Å². The van der Waals surface area contributed by atoms with Crippen LogP contribution in [0.3, 0.4) is 0 Å². The summed E-state index contributed by atoms with van der Waals surface area (Å²) in [5.74, 6) is -4.82.